The largest absolute Gasteiger partial charge is 0.322 e. The van der Waals surface area contributed by atoms with Crippen LogP contribution in [0.3, 0.4) is 0 Å². The van der Waals surface area contributed by atoms with E-state index in [9.17, 15) is 0 Å². The summed E-state index contributed by atoms with van der Waals surface area (Å²) in [5.41, 5.74) is 2.13. The van der Waals surface area contributed by atoms with E-state index in [0.717, 1.165) is 28.4 Å². The van der Waals surface area contributed by atoms with Crippen LogP contribution in [0.2, 0.25) is 0 Å². The van der Waals surface area contributed by atoms with E-state index in [1.54, 1.807) is 11.3 Å². The number of nitrogens with zero attached hydrogens (tertiary/aromatic N) is 3. The van der Waals surface area contributed by atoms with Gasteiger partial charge in [0.05, 0.1) is 28.5 Å². The maximum Gasteiger partial charge on any atom is 0.125 e. The Bertz CT molecular complexity index is 735. The van der Waals surface area contributed by atoms with E-state index in [2.05, 4.69) is 55.3 Å². The van der Waals surface area contributed by atoms with Gasteiger partial charge in [0.25, 0.3) is 0 Å². The van der Waals surface area contributed by atoms with E-state index in [-0.39, 0.29) is 0 Å². The van der Waals surface area contributed by atoms with E-state index >= 15 is 0 Å². The highest BCUT2D eigenvalue weighted by atomic mass is 127. The molecule has 0 aliphatic rings. The number of imidazole rings is 1. The Morgan fingerprint density at radius 3 is 2.95 bits per heavy atom. The number of benzene rings is 1. The van der Waals surface area contributed by atoms with Gasteiger partial charge in [0.1, 0.15) is 5.82 Å². The van der Waals surface area contributed by atoms with Gasteiger partial charge in [0.15, 0.2) is 0 Å². The van der Waals surface area contributed by atoms with Crippen LogP contribution in [0.15, 0.2) is 24.4 Å². The summed E-state index contributed by atoms with van der Waals surface area (Å²) in [5, 5.41) is 1.08. The minimum Gasteiger partial charge on any atom is -0.322 e. The standard InChI is InChI=1S/C13H11ClIN3S/c1-8-16-6-10(19-8)7-18-12-3-2-9(15)4-11(12)17-13(18)5-14/h2-4,6H,5,7H2,1H3. The van der Waals surface area contributed by atoms with Crippen molar-refractivity contribution >= 4 is 56.6 Å². The number of halogens is 2. The second-order valence-corrected chi connectivity index (χ2v) is 7.06. The molecule has 0 radical (unpaired) electrons. The highest BCUT2D eigenvalue weighted by Crippen LogP contribution is 2.23. The summed E-state index contributed by atoms with van der Waals surface area (Å²) < 4.78 is 3.36. The van der Waals surface area contributed by atoms with Crippen molar-refractivity contribution in [2.45, 2.75) is 19.3 Å². The van der Waals surface area contributed by atoms with Gasteiger partial charge in [-0.1, -0.05) is 0 Å². The van der Waals surface area contributed by atoms with Gasteiger partial charge >= 0.3 is 0 Å². The van der Waals surface area contributed by atoms with Crippen molar-refractivity contribution in [3.05, 3.63) is 43.7 Å². The topological polar surface area (TPSA) is 30.7 Å². The molecule has 0 amide bonds. The Labute approximate surface area is 133 Å². The van der Waals surface area contributed by atoms with Gasteiger partial charge in [0, 0.05) is 14.6 Å². The zero-order valence-electron chi connectivity index (χ0n) is 10.2. The molecule has 3 nitrogen and oxygen atoms in total. The van der Waals surface area contributed by atoms with E-state index in [4.69, 9.17) is 11.6 Å². The highest BCUT2D eigenvalue weighted by molar-refractivity contribution is 14.1. The summed E-state index contributed by atoms with van der Waals surface area (Å²) in [5.74, 6) is 1.33. The second-order valence-electron chi connectivity index (χ2n) is 4.23. The average Bonchev–Trinajstić information content (AvgIpc) is 2.94. The van der Waals surface area contributed by atoms with Crippen molar-refractivity contribution in [2.24, 2.45) is 0 Å². The van der Waals surface area contributed by atoms with Gasteiger partial charge in [-0.3, -0.25) is 0 Å². The van der Waals surface area contributed by atoms with Crippen molar-refractivity contribution in [3.8, 4) is 0 Å². The lowest BCUT2D eigenvalue weighted by Gasteiger charge is -2.05. The van der Waals surface area contributed by atoms with Crippen LogP contribution in [0, 0.1) is 10.5 Å². The third kappa shape index (κ3) is 2.64. The van der Waals surface area contributed by atoms with Gasteiger partial charge in [-0.15, -0.1) is 22.9 Å². The lowest BCUT2D eigenvalue weighted by Crippen LogP contribution is -2.02. The van der Waals surface area contributed by atoms with E-state index in [1.165, 1.54) is 8.45 Å². The molecule has 0 spiro atoms. The van der Waals surface area contributed by atoms with Crippen LogP contribution in [0.5, 0.6) is 0 Å². The smallest absolute Gasteiger partial charge is 0.125 e. The Morgan fingerprint density at radius 2 is 2.26 bits per heavy atom. The van der Waals surface area contributed by atoms with Crippen LogP contribution in [-0.2, 0) is 12.4 Å². The monoisotopic (exact) mass is 403 g/mol. The molecule has 1 aromatic carbocycles. The summed E-state index contributed by atoms with van der Waals surface area (Å²) in [6, 6.07) is 6.28. The van der Waals surface area contributed by atoms with E-state index in [0.29, 0.717) is 5.88 Å². The number of aromatic nitrogens is 3. The molecule has 0 aliphatic carbocycles. The van der Waals surface area contributed by atoms with E-state index in [1.807, 2.05) is 13.1 Å². The molecule has 0 atom stereocenters. The number of fused-ring (bicyclic) bond motifs is 1. The quantitative estimate of drug-likeness (QED) is 0.485. The van der Waals surface area contributed by atoms with Crippen LogP contribution in [0.25, 0.3) is 11.0 Å². The average molecular weight is 404 g/mol. The molecule has 98 valence electrons. The Balaban J connectivity index is 2.10. The highest BCUT2D eigenvalue weighted by Gasteiger charge is 2.11. The predicted molar refractivity (Wildman–Crippen MR) is 88.0 cm³/mol. The van der Waals surface area contributed by atoms with Gasteiger partial charge in [-0.25, -0.2) is 9.97 Å². The number of alkyl halides is 1. The number of hydrogen-bond donors (Lipinski definition) is 0. The van der Waals surface area contributed by atoms with Crippen molar-refractivity contribution in [3.63, 3.8) is 0 Å². The molecule has 2 heterocycles. The summed E-state index contributed by atoms with van der Waals surface area (Å²) in [4.78, 5) is 10.1. The van der Waals surface area contributed by atoms with Crippen molar-refractivity contribution in [1.29, 1.82) is 0 Å². The molecule has 3 rings (SSSR count). The number of hydrogen-bond acceptors (Lipinski definition) is 3. The number of aryl methyl sites for hydroxylation is 1. The third-order valence-electron chi connectivity index (χ3n) is 2.89. The fraction of sp³-hybridized carbons (Fsp3) is 0.231. The van der Waals surface area contributed by atoms with Gasteiger partial charge in [0.2, 0.25) is 0 Å². The fourth-order valence-corrected chi connectivity index (χ4v) is 3.53. The molecular formula is C13H11ClIN3S. The fourth-order valence-electron chi connectivity index (χ4n) is 2.07. The lowest BCUT2D eigenvalue weighted by molar-refractivity contribution is 0.787. The first-order valence-corrected chi connectivity index (χ1v) is 8.22. The molecule has 0 bridgehead atoms. The van der Waals surface area contributed by atoms with E-state index < -0.39 is 0 Å². The van der Waals surface area contributed by atoms with Crippen molar-refractivity contribution in [1.82, 2.24) is 14.5 Å². The molecule has 3 aromatic rings. The van der Waals surface area contributed by atoms with Gasteiger partial charge < -0.3 is 4.57 Å². The summed E-state index contributed by atoms with van der Waals surface area (Å²) in [7, 11) is 0. The molecule has 2 aromatic heterocycles. The molecule has 0 aliphatic heterocycles. The maximum absolute atomic E-state index is 6.02. The Hall–Kier alpha value is -0.660. The van der Waals surface area contributed by atoms with Crippen molar-refractivity contribution in [2.75, 3.05) is 0 Å². The first kappa shape index (κ1) is 13.3. The van der Waals surface area contributed by atoms with Crippen LogP contribution in [0.4, 0.5) is 0 Å². The summed E-state index contributed by atoms with van der Waals surface area (Å²) >= 11 is 10.0. The SMILES string of the molecule is Cc1ncc(Cn2c(CCl)nc3cc(I)ccc32)s1. The van der Waals surface area contributed by atoms with Gasteiger partial charge in [-0.05, 0) is 47.7 Å². The zero-order chi connectivity index (χ0) is 13.4. The minimum atomic E-state index is 0.420. The molecular weight excluding hydrogens is 393 g/mol. The minimum absolute atomic E-state index is 0.420. The second kappa shape index (κ2) is 5.38. The zero-order valence-corrected chi connectivity index (χ0v) is 14.0. The lowest BCUT2D eigenvalue weighted by atomic mass is 10.3. The molecule has 0 unspecified atom stereocenters. The van der Waals surface area contributed by atoms with Crippen LogP contribution in [-0.4, -0.2) is 14.5 Å². The molecule has 19 heavy (non-hydrogen) atoms. The number of thiazole rings is 1. The first-order valence-electron chi connectivity index (χ1n) is 5.79. The summed E-state index contributed by atoms with van der Waals surface area (Å²) in [6.45, 7) is 2.80. The van der Waals surface area contributed by atoms with Gasteiger partial charge in [-0.2, -0.15) is 0 Å². The van der Waals surface area contributed by atoms with Crippen molar-refractivity contribution < 1.29 is 0 Å². The maximum atomic E-state index is 6.02. The number of rotatable bonds is 3. The Kier molecular flexibility index (Phi) is 3.77. The van der Waals surface area contributed by atoms with Crippen LogP contribution in [0.1, 0.15) is 15.7 Å². The Morgan fingerprint density at radius 1 is 1.42 bits per heavy atom. The van der Waals surface area contributed by atoms with Crippen LogP contribution < -0.4 is 0 Å². The third-order valence-corrected chi connectivity index (χ3v) is 4.70. The summed E-state index contributed by atoms with van der Waals surface area (Å²) in [6.07, 6.45) is 1.93. The predicted octanol–water partition coefficient (Wildman–Crippen LogP) is 4.19. The van der Waals surface area contributed by atoms with Crippen LogP contribution >= 0.6 is 45.5 Å². The molecule has 0 saturated heterocycles. The molecule has 0 N–H and O–H groups in total. The molecule has 6 heteroatoms. The molecule has 0 saturated carbocycles. The first-order chi connectivity index (χ1) is 9.17. The normalized spacial score (nSPS) is 11.3. The molecule has 0 fully saturated rings.